The molecule has 0 aliphatic carbocycles. The van der Waals surface area contributed by atoms with Gasteiger partial charge in [0.25, 0.3) is 0 Å². The smallest absolute Gasteiger partial charge is 0.00127 e. The predicted molar refractivity (Wildman–Crippen MR) is 60.1 cm³/mol. The Labute approximate surface area is 83.5 Å². The Morgan fingerprint density at radius 1 is 0.846 bits per heavy atom. The van der Waals surface area contributed by atoms with E-state index >= 15 is 0 Å². The third kappa shape index (κ3) is 11.9. The quantitative estimate of drug-likeness (QED) is 0.690. The second-order valence-corrected chi connectivity index (χ2v) is 4.29. The summed E-state index contributed by atoms with van der Waals surface area (Å²) >= 11 is 0. The summed E-state index contributed by atoms with van der Waals surface area (Å²) in [5, 5.41) is 6.59. The van der Waals surface area contributed by atoms with Crippen molar-refractivity contribution in [3.8, 4) is 0 Å². The molecule has 1 fully saturated rings. The molecule has 0 aromatic heterocycles. The first-order valence-corrected chi connectivity index (χ1v) is 5.59. The van der Waals surface area contributed by atoms with Gasteiger partial charge in [0.1, 0.15) is 0 Å². The predicted octanol–water partition coefficient (Wildman–Crippen LogP) is 2.15. The van der Waals surface area contributed by atoms with Crippen LogP contribution < -0.4 is 10.6 Å². The van der Waals surface area contributed by atoms with Crippen LogP contribution in [0.15, 0.2) is 0 Å². The Kier molecular flexibility index (Phi) is 8.46. The molecule has 80 valence electrons. The summed E-state index contributed by atoms with van der Waals surface area (Å²) in [6.45, 7) is 11.1. The van der Waals surface area contributed by atoms with Crippen molar-refractivity contribution >= 4 is 0 Å². The molecule has 1 rings (SSSR count). The molecule has 0 aromatic rings. The maximum Gasteiger partial charge on any atom is 0.00127 e. The van der Waals surface area contributed by atoms with Gasteiger partial charge < -0.3 is 10.6 Å². The Bertz CT molecular complexity index is 78.8. The van der Waals surface area contributed by atoms with Crippen LogP contribution in [-0.4, -0.2) is 25.2 Å². The van der Waals surface area contributed by atoms with E-state index in [2.05, 4.69) is 38.3 Å². The summed E-state index contributed by atoms with van der Waals surface area (Å²) < 4.78 is 0. The second kappa shape index (κ2) is 8.52. The van der Waals surface area contributed by atoms with Crippen molar-refractivity contribution in [1.29, 1.82) is 0 Å². The summed E-state index contributed by atoms with van der Waals surface area (Å²) in [7, 11) is 0. The largest absolute Gasteiger partial charge is 0.317 e. The number of nitrogens with one attached hydrogen (secondary N) is 2. The molecule has 0 atom stereocenters. The van der Waals surface area contributed by atoms with Gasteiger partial charge in [-0.2, -0.15) is 0 Å². The van der Waals surface area contributed by atoms with Gasteiger partial charge in [0.2, 0.25) is 0 Å². The molecule has 0 radical (unpaired) electrons. The van der Waals surface area contributed by atoms with Gasteiger partial charge in [0, 0.05) is 12.1 Å². The standard InChI is InChI=1S/C6H15N.C5H11N/c1-5(2)7-6(3)4;1-2-4-6-5-3-1/h5-7H,1-4H3;6H,1-5H2. The van der Waals surface area contributed by atoms with Gasteiger partial charge in [-0.3, -0.25) is 0 Å². The Balaban J connectivity index is 0.000000223. The van der Waals surface area contributed by atoms with Crippen LogP contribution in [0, 0.1) is 0 Å². The molecule has 0 saturated carbocycles. The van der Waals surface area contributed by atoms with Gasteiger partial charge in [0.15, 0.2) is 0 Å². The lowest BCUT2D eigenvalue weighted by Gasteiger charge is -2.10. The molecule has 1 saturated heterocycles. The molecule has 0 unspecified atom stereocenters. The monoisotopic (exact) mass is 186 g/mol. The van der Waals surface area contributed by atoms with E-state index in [-0.39, 0.29) is 0 Å². The van der Waals surface area contributed by atoms with Crippen LogP contribution in [0.25, 0.3) is 0 Å². The highest BCUT2D eigenvalue weighted by molar-refractivity contribution is 4.56. The van der Waals surface area contributed by atoms with Crippen molar-refractivity contribution in [3.05, 3.63) is 0 Å². The van der Waals surface area contributed by atoms with Gasteiger partial charge in [-0.25, -0.2) is 0 Å². The minimum absolute atomic E-state index is 0.625. The van der Waals surface area contributed by atoms with Crippen molar-refractivity contribution in [1.82, 2.24) is 10.6 Å². The number of hydrogen-bond donors (Lipinski definition) is 2. The van der Waals surface area contributed by atoms with Crippen molar-refractivity contribution in [2.75, 3.05) is 13.1 Å². The van der Waals surface area contributed by atoms with Gasteiger partial charge in [-0.05, 0) is 25.9 Å². The van der Waals surface area contributed by atoms with Crippen LogP contribution in [0.1, 0.15) is 47.0 Å². The number of piperidine rings is 1. The third-order valence-electron chi connectivity index (χ3n) is 1.87. The summed E-state index contributed by atoms with van der Waals surface area (Å²) in [4.78, 5) is 0. The highest BCUT2D eigenvalue weighted by atomic mass is 14.9. The SMILES string of the molecule is C1CCNCC1.CC(C)NC(C)C. The summed E-state index contributed by atoms with van der Waals surface area (Å²) in [6, 6.07) is 1.25. The molecule has 1 aliphatic rings. The van der Waals surface area contributed by atoms with Crippen LogP contribution in [-0.2, 0) is 0 Å². The topological polar surface area (TPSA) is 24.1 Å². The second-order valence-electron chi connectivity index (χ2n) is 4.29. The Morgan fingerprint density at radius 3 is 1.38 bits per heavy atom. The molecular formula is C11H26N2. The maximum atomic E-state index is 3.31. The molecule has 1 aliphatic heterocycles. The summed E-state index contributed by atoms with van der Waals surface area (Å²) in [6.07, 6.45) is 4.22. The van der Waals surface area contributed by atoms with Crippen LogP contribution in [0.3, 0.4) is 0 Å². The summed E-state index contributed by atoms with van der Waals surface area (Å²) in [5.74, 6) is 0. The minimum Gasteiger partial charge on any atom is -0.317 e. The average Bonchev–Trinajstić information content (AvgIpc) is 2.06. The molecule has 0 amide bonds. The highest BCUT2D eigenvalue weighted by Crippen LogP contribution is 1.96. The molecular weight excluding hydrogens is 160 g/mol. The first-order chi connectivity index (χ1) is 6.13. The van der Waals surface area contributed by atoms with Crippen LogP contribution in [0.5, 0.6) is 0 Å². The summed E-state index contributed by atoms with van der Waals surface area (Å²) in [5.41, 5.74) is 0. The van der Waals surface area contributed by atoms with E-state index in [1.54, 1.807) is 0 Å². The molecule has 0 aromatic carbocycles. The van der Waals surface area contributed by atoms with Crippen molar-refractivity contribution in [2.24, 2.45) is 0 Å². The number of hydrogen-bond acceptors (Lipinski definition) is 2. The van der Waals surface area contributed by atoms with E-state index in [0.29, 0.717) is 12.1 Å². The molecule has 2 N–H and O–H groups in total. The fraction of sp³-hybridized carbons (Fsp3) is 1.00. The Morgan fingerprint density at radius 2 is 1.31 bits per heavy atom. The molecule has 13 heavy (non-hydrogen) atoms. The highest BCUT2D eigenvalue weighted by Gasteiger charge is 1.93. The fourth-order valence-electron chi connectivity index (χ4n) is 1.47. The van der Waals surface area contributed by atoms with Crippen LogP contribution in [0.2, 0.25) is 0 Å². The maximum absolute atomic E-state index is 3.31. The minimum atomic E-state index is 0.625. The molecule has 0 bridgehead atoms. The van der Waals surface area contributed by atoms with Crippen molar-refractivity contribution < 1.29 is 0 Å². The van der Waals surface area contributed by atoms with E-state index in [1.807, 2.05) is 0 Å². The number of rotatable bonds is 2. The zero-order valence-electron chi connectivity index (χ0n) is 9.69. The molecule has 1 heterocycles. The normalized spacial score (nSPS) is 17.1. The van der Waals surface area contributed by atoms with Gasteiger partial charge in [0.05, 0.1) is 0 Å². The lowest BCUT2D eigenvalue weighted by molar-refractivity contribution is 0.518. The van der Waals surface area contributed by atoms with E-state index in [1.165, 1.54) is 32.4 Å². The van der Waals surface area contributed by atoms with Gasteiger partial charge in [-0.15, -0.1) is 0 Å². The zero-order valence-corrected chi connectivity index (χ0v) is 9.69. The van der Waals surface area contributed by atoms with Crippen molar-refractivity contribution in [3.63, 3.8) is 0 Å². The van der Waals surface area contributed by atoms with Crippen molar-refractivity contribution in [2.45, 2.75) is 59.0 Å². The van der Waals surface area contributed by atoms with E-state index < -0.39 is 0 Å². The molecule has 2 nitrogen and oxygen atoms in total. The Hall–Kier alpha value is -0.0800. The van der Waals surface area contributed by atoms with E-state index in [9.17, 15) is 0 Å². The molecule has 2 heteroatoms. The van der Waals surface area contributed by atoms with Gasteiger partial charge in [-0.1, -0.05) is 34.1 Å². The van der Waals surface area contributed by atoms with E-state index in [4.69, 9.17) is 0 Å². The zero-order chi connectivity index (χ0) is 10.1. The first-order valence-electron chi connectivity index (χ1n) is 5.59. The van der Waals surface area contributed by atoms with Crippen LogP contribution >= 0.6 is 0 Å². The van der Waals surface area contributed by atoms with E-state index in [0.717, 1.165) is 0 Å². The van der Waals surface area contributed by atoms with Gasteiger partial charge >= 0.3 is 0 Å². The first kappa shape index (κ1) is 12.9. The molecule has 0 spiro atoms. The van der Waals surface area contributed by atoms with Crippen LogP contribution in [0.4, 0.5) is 0 Å². The average molecular weight is 186 g/mol. The lowest BCUT2D eigenvalue weighted by Crippen LogP contribution is -2.29. The fourth-order valence-corrected chi connectivity index (χ4v) is 1.47. The third-order valence-corrected chi connectivity index (χ3v) is 1.87. The lowest BCUT2D eigenvalue weighted by atomic mass is 10.2.